The average Bonchev–Trinajstić information content (AvgIpc) is 3.17. The van der Waals surface area contributed by atoms with Gasteiger partial charge in [-0.1, -0.05) is 24.3 Å². The number of nitro benzene ring substituents is 1. The van der Waals surface area contributed by atoms with Crippen LogP contribution in [0.5, 0.6) is 0 Å². The number of nitrogens with zero attached hydrogens (tertiary/aromatic N) is 3. The SMILES string of the molecule is Cn1cccc1C(C=Cc1ccccc1[N+](=O)[O-])c1cccn1C. The highest BCUT2D eigenvalue weighted by atomic mass is 16.6. The molecule has 122 valence electrons. The smallest absolute Gasteiger partial charge is 0.276 e. The maximum atomic E-state index is 11.2. The summed E-state index contributed by atoms with van der Waals surface area (Å²) in [5.41, 5.74) is 2.99. The first-order valence-corrected chi connectivity index (χ1v) is 7.72. The molecule has 0 saturated heterocycles. The Morgan fingerprint density at radius 1 is 0.958 bits per heavy atom. The van der Waals surface area contributed by atoms with Crippen molar-refractivity contribution in [1.82, 2.24) is 9.13 Å². The molecule has 0 spiro atoms. The monoisotopic (exact) mass is 321 g/mol. The first kappa shape index (κ1) is 15.8. The van der Waals surface area contributed by atoms with Crippen LogP contribution in [0.3, 0.4) is 0 Å². The van der Waals surface area contributed by atoms with Gasteiger partial charge < -0.3 is 9.13 Å². The second-order valence-corrected chi connectivity index (χ2v) is 5.74. The second-order valence-electron chi connectivity index (χ2n) is 5.74. The van der Waals surface area contributed by atoms with Gasteiger partial charge in [0.15, 0.2) is 0 Å². The molecule has 0 fully saturated rings. The third kappa shape index (κ3) is 3.01. The molecule has 5 nitrogen and oxygen atoms in total. The van der Waals surface area contributed by atoms with Gasteiger partial charge in [-0.15, -0.1) is 0 Å². The molecule has 0 bridgehead atoms. The lowest BCUT2D eigenvalue weighted by molar-refractivity contribution is -0.385. The van der Waals surface area contributed by atoms with Crippen LogP contribution >= 0.6 is 0 Å². The van der Waals surface area contributed by atoms with Crippen molar-refractivity contribution in [3.63, 3.8) is 0 Å². The summed E-state index contributed by atoms with van der Waals surface area (Å²) in [5.74, 6) is 0.0183. The van der Waals surface area contributed by atoms with Crippen LogP contribution < -0.4 is 0 Å². The molecular weight excluding hydrogens is 302 g/mol. The number of nitro groups is 1. The van der Waals surface area contributed by atoms with Gasteiger partial charge in [0.2, 0.25) is 0 Å². The largest absolute Gasteiger partial charge is 0.354 e. The topological polar surface area (TPSA) is 53.0 Å². The van der Waals surface area contributed by atoms with E-state index in [2.05, 4.69) is 21.3 Å². The lowest BCUT2D eigenvalue weighted by Crippen LogP contribution is -2.07. The zero-order valence-corrected chi connectivity index (χ0v) is 13.7. The standard InChI is InChI=1S/C19H19N3O2/c1-20-13-5-9-18(20)16(19-10-6-14-21(19)2)12-11-15-7-3-4-8-17(15)22(23)24/h3-14,16H,1-2H3. The predicted molar refractivity (Wildman–Crippen MR) is 94.8 cm³/mol. The van der Waals surface area contributed by atoms with E-state index in [1.807, 2.05) is 56.8 Å². The molecule has 0 amide bonds. The molecule has 24 heavy (non-hydrogen) atoms. The van der Waals surface area contributed by atoms with Gasteiger partial charge in [0.1, 0.15) is 0 Å². The van der Waals surface area contributed by atoms with E-state index < -0.39 is 0 Å². The highest BCUT2D eigenvalue weighted by molar-refractivity contribution is 5.62. The van der Waals surface area contributed by atoms with Crippen LogP contribution in [0.25, 0.3) is 6.08 Å². The average molecular weight is 321 g/mol. The van der Waals surface area contributed by atoms with Crippen LogP contribution in [0.4, 0.5) is 5.69 Å². The van der Waals surface area contributed by atoms with Crippen molar-refractivity contribution in [3.05, 3.63) is 94.1 Å². The van der Waals surface area contributed by atoms with Gasteiger partial charge in [0.05, 0.1) is 16.4 Å². The number of aryl methyl sites for hydroxylation is 2. The lowest BCUT2D eigenvalue weighted by atomic mass is 9.99. The minimum atomic E-state index is -0.348. The van der Waals surface area contributed by atoms with Crippen molar-refractivity contribution in [2.75, 3.05) is 0 Å². The molecule has 0 radical (unpaired) electrons. The molecular formula is C19H19N3O2. The number of rotatable bonds is 5. The summed E-state index contributed by atoms with van der Waals surface area (Å²) in [4.78, 5) is 10.8. The molecule has 0 atom stereocenters. The Balaban J connectivity index is 2.04. The fraction of sp³-hybridized carbons (Fsp3) is 0.158. The lowest BCUT2D eigenvalue weighted by Gasteiger charge is -2.16. The van der Waals surface area contributed by atoms with Crippen molar-refractivity contribution < 1.29 is 4.92 Å². The molecule has 0 saturated carbocycles. The zero-order chi connectivity index (χ0) is 17.1. The number of hydrogen-bond donors (Lipinski definition) is 0. The van der Waals surface area contributed by atoms with Crippen molar-refractivity contribution in [1.29, 1.82) is 0 Å². The Morgan fingerprint density at radius 3 is 2.04 bits per heavy atom. The minimum Gasteiger partial charge on any atom is -0.354 e. The maximum Gasteiger partial charge on any atom is 0.276 e. The molecule has 3 aromatic rings. The van der Waals surface area contributed by atoms with E-state index in [4.69, 9.17) is 0 Å². The Morgan fingerprint density at radius 2 is 1.54 bits per heavy atom. The maximum absolute atomic E-state index is 11.2. The molecule has 0 aliphatic rings. The second kappa shape index (κ2) is 6.58. The summed E-state index contributed by atoms with van der Waals surface area (Å²) < 4.78 is 4.14. The molecule has 2 heterocycles. The fourth-order valence-corrected chi connectivity index (χ4v) is 2.94. The number of aromatic nitrogens is 2. The van der Waals surface area contributed by atoms with Crippen LogP contribution in [0, 0.1) is 10.1 Å². The molecule has 0 N–H and O–H groups in total. The first-order valence-electron chi connectivity index (χ1n) is 7.72. The summed E-state index contributed by atoms with van der Waals surface area (Å²) in [6, 6.07) is 14.9. The highest BCUT2D eigenvalue weighted by Crippen LogP contribution is 2.28. The molecule has 0 aliphatic heterocycles. The number of hydrogen-bond acceptors (Lipinski definition) is 2. The van der Waals surface area contributed by atoms with Crippen LogP contribution in [-0.2, 0) is 14.1 Å². The fourth-order valence-electron chi connectivity index (χ4n) is 2.94. The van der Waals surface area contributed by atoms with Gasteiger partial charge in [-0.3, -0.25) is 10.1 Å². The summed E-state index contributed by atoms with van der Waals surface area (Å²) >= 11 is 0. The Labute approximate surface area is 140 Å². The number of allylic oxidation sites excluding steroid dienone is 1. The van der Waals surface area contributed by atoms with Gasteiger partial charge in [-0.05, 0) is 30.3 Å². The minimum absolute atomic E-state index is 0.0183. The molecule has 5 heteroatoms. The Kier molecular flexibility index (Phi) is 4.33. The van der Waals surface area contributed by atoms with E-state index in [1.54, 1.807) is 12.1 Å². The van der Waals surface area contributed by atoms with E-state index in [1.165, 1.54) is 6.07 Å². The van der Waals surface area contributed by atoms with Gasteiger partial charge in [0.25, 0.3) is 5.69 Å². The van der Waals surface area contributed by atoms with Crippen LogP contribution in [0.2, 0.25) is 0 Å². The number of benzene rings is 1. The molecule has 1 aromatic carbocycles. The summed E-state index contributed by atoms with van der Waals surface area (Å²) in [5, 5.41) is 11.2. The van der Waals surface area contributed by atoms with E-state index in [9.17, 15) is 10.1 Å². The van der Waals surface area contributed by atoms with E-state index in [-0.39, 0.29) is 16.5 Å². The number of para-hydroxylation sites is 1. The van der Waals surface area contributed by atoms with Crippen molar-refractivity contribution >= 4 is 11.8 Å². The van der Waals surface area contributed by atoms with Gasteiger partial charge in [-0.2, -0.15) is 0 Å². The Bertz CT molecular complexity index is 849. The van der Waals surface area contributed by atoms with Gasteiger partial charge >= 0.3 is 0 Å². The third-order valence-corrected chi connectivity index (χ3v) is 4.21. The van der Waals surface area contributed by atoms with Crippen molar-refractivity contribution in [2.24, 2.45) is 14.1 Å². The normalized spacial score (nSPS) is 11.5. The van der Waals surface area contributed by atoms with Crippen LogP contribution in [0.15, 0.2) is 67.0 Å². The van der Waals surface area contributed by atoms with E-state index in [0.29, 0.717) is 5.56 Å². The summed E-state index contributed by atoms with van der Waals surface area (Å²) in [6.07, 6.45) is 7.87. The van der Waals surface area contributed by atoms with Gasteiger partial charge in [0, 0.05) is 43.9 Å². The molecule has 0 aliphatic carbocycles. The van der Waals surface area contributed by atoms with Gasteiger partial charge in [-0.25, -0.2) is 0 Å². The summed E-state index contributed by atoms with van der Waals surface area (Å²) in [7, 11) is 4.01. The first-order chi connectivity index (χ1) is 11.6. The zero-order valence-electron chi connectivity index (χ0n) is 13.7. The molecule has 2 aromatic heterocycles. The van der Waals surface area contributed by atoms with E-state index >= 15 is 0 Å². The molecule has 3 rings (SSSR count). The third-order valence-electron chi connectivity index (χ3n) is 4.21. The van der Waals surface area contributed by atoms with Crippen molar-refractivity contribution in [2.45, 2.75) is 5.92 Å². The quantitative estimate of drug-likeness (QED) is 0.524. The Hall–Kier alpha value is -3.08. The van der Waals surface area contributed by atoms with E-state index in [0.717, 1.165) is 11.4 Å². The highest BCUT2D eigenvalue weighted by Gasteiger charge is 2.17. The molecule has 0 unspecified atom stereocenters. The van der Waals surface area contributed by atoms with Crippen molar-refractivity contribution in [3.8, 4) is 0 Å². The summed E-state index contributed by atoms with van der Waals surface area (Å²) in [6.45, 7) is 0. The van der Waals surface area contributed by atoms with Crippen LogP contribution in [0.1, 0.15) is 22.9 Å². The van der Waals surface area contributed by atoms with Crippen LogP contribution in [-0.4, -0.2) is 14.1 Å². The predicted octanol–water partition coefficient (Wildman–Crippen LogP) is 4.12.